The topological polar surface area (TPSA) is 0 Å². The van der Waals surface area contributed by atoms with Crippen LogP contribution in [0.2, 0.25) is 0 Å². The van der Waals surface area contributed by atoms with Gasteiger partial charge in [0.1, 0.15) is 0 Å². The van der Waals surface area contributed by atoms with Crippen LogP contribution in [0.15, 0.2) is 33.2 Å². The van der Waals surface area contributed by atoms with Gasteiger partial charge in [-0.2, -0.15) is 0 Å². The molecule has 1 aliphatic carbocycles. The highest BCUT2D eigenvalue weighted by Crippen LogP contribution is 2.37. The van der Waals surface area contributed by atoms with Crippen molar-refractivity contribution in [2.45, 2.75) is 0 Å². The van der Waals surface area contributed by atoms with Crippen LogP contribution < -0.4 is 0 Å². The first-order chi connectivity index (χ1) is 6.75. The minimum Gasteiger partial charge on any atom is -0.0536 e. The van der Waals surface area contributed by atoms with Crippen LogP contribution in [0.25, 0.3) is 22.9 Å². The van der Waals surface area contributed by atoms with Crippen molar-refractivity contribution in [2.24, 2.45) is 0 Å². The predicted molar refractivity (Wildman–Crippen MR) is 68.3 cm³/mol. The second-order valence-electron chi connectivity index (χ2n) is 3.39. The average Bonchev–Trinajstić information content (AvgIpc) is 2.56. The van der Waals surface area contributed by atoms with Crippen molar-refractivity contribution in [2.75, 3.05) is 0 Å². The number of halogens is 2. The maximum Gasteiger partial charge on any atom is 0.0254 e. The molecular weight excluding hydrogens is 304 g/mol. The summed E-state index contributed by atoms with van der Waals surface area (Å²) in [5.74, 6) is 0. The minimum atomic E-state index is 1.14. The molecule has 14 heavy (non-hydrogen) atoms. The normalized spacial score (nSPS) is 12.7. The zero-order valence-corrected chi connectivity index (χ0v) is 10.4. The van der Waals surface area contributed by atoms with Gasteiger partial charge in [-0.15, -0.1) is 0 Å². The molecule has 0 N–H and O–H groups in total. The first kappa shape index (κ1) is 8.69. The van der Waals surface area contributed by atoms with Crippen molar-refractivity contribution in [1.82, 2.24) is 0 Å². The molecule has 0 bridgehead atoms. The Kier molecular flexibility index (Phi) is 1.83. The van der Waals surface area contributed by atoms with E-state index >= 15 is 0 Å². The predicted octanol–water partition coefficient (Wildman–Crippen LogP) is 4.85. The third-order valence-electron chi connectivity index (χ3n) is 2.53. The molecule has 0 amide bonds. The van der Waals surface area contributed by atoms with E-state index in [1.165, 1.54) is 26.4 Å². The molecule has 0 spiro atoms. The second-order valence-corrected chi connectivity index (χ2v) is 5.16. The summed E-state index contributed by atoms with van der Waals surface area (Å²) in [6, 6.07) is 8.55. The Morgan fingerprint density at radius 1 is 0.929 bits per heavy atom. The summed E-state index contributed by atoms with van der Waals surface area (Å²) in [5.41, 5.74) is 2.59. The van der Waals surface area contributed by atoms with Gasteiger partial charge in [-0.3, -0.25) is 0 Å². The quantitative estimate of drug-likeness (QED) is 0.557. The van der Waals surface area contributed by atoms with Gasteiger partial charge in [0.25, 0.3) is 0 Å². The van der Waals surface area contributed by atoms with Crippen molar-refractivity contribution in [3.05, 3.63) is 44.3 Å². The molecule has 2 aromatic carbocycles. The minimum absolute atomic E-state index is 1.14. The van der Waals surface area contributed by atoms with E-state index in [0.29, 0.717) is 0 Å². The van der Waals surface area contributed by atoms with Crippen LogP contribution >= 0.6 is 31.9 Å². The third-order valence-corrected chi connectivity index (χ3v) is 3.68. The molecule has 0 radical (unpaired) electrons. The number of hydrogen-bond donors (Lipinski definition) is 0. The summed E-state index contributed by atoms with van der Waals surface area (Å²) >= 11 is 7.09. The van der Waals surface area contributed by atoms with Crippen LogP contribution in [-0.4, -0.2) is 0 Å². The number of hydrogen-bond acceptors (Lipinski definition) is 0. The van der Waals surface area contributed by atoms with E-state index in [4.69, 9.17) is 0 Å². The van der Waals surface area contributed by atoms with Crippen LogP contribution in [-0.2, 0) is 0 Å². The maximum atomic E-state index is 3.57. The van der Waals surface area contributed by atoms with Crippen LogP contribution in [0, 0.1) is 0 Å². The Morgan fingerprint density at radius 3 is 2.64 bits per heavy atom. The molecule has 0 nitrogen and oxygen atoms in total. The van der Waals surface area contributed by atoms with Crippen LogP contribution in [0.3, 0.4) is 0 Å². The summed E-state index contributed by atoms with van der Waals surface area (Å²) in [4.78, 5) is 0. The zero-order chi connectivity index (χ0) is 9.71. The van der Waals surface area contributed by atoms with Crippen LogP contribution in [0.5, 0.6) is 0 Å². The Labute approximate surface area is 98.9 Å². The van der Waals surface area contributed by atoms with Crippen molar-refractivity contribution in [1.29, 1.82) is 0 Å². The van der Waals surface area contributed by atoms with E-state index in [1.54, 1.807) is 0 Å². The summed E-state index contributed by atoms with van der Waals surface area (Å²) in [6.07, 6.45) is 4.32. The van der Waals surface area contributed by atoms with Crippen molar-refractivity contribution < 1.29 is 0 Å². The first-order valence-corrected chi connectivity index (χ1v) is 5.94. The van der Waals surface area contributed by atoms with Gasteiger partial charge in [0.05, 0.1) is 0 Å². The van der Waals surface area contributed by atoms with E-state index in [-0.39, 0.29) is 0 Å². The lowest BCUT2D eigenvalue weighted by Gasteiger charge is -2.04. The van der Waals surface area contributed by atoms with Crippen molar-refractivity contribution in [3.8, 4) is 0 Å². The highest BCUT2D eigenvalue weighted by atomic mass is 79.9. The number of rotatable bonds is 0. The Morgan fingerprint density at radius 2 is 1.79 bits per heavy atom. The maximum absolute atomic E-state index is 3.57. The lowest BCUT2D eigenvalue weighted by Crippen LogP contribution is -1.80. The summed E-state index contributed by atoms with van der Waals surface area (Å²) in [7, 11) is 0. The molecule has 0 heterocycles. The summed E-state index contributed by atoms with van der Waals surface area (Å²) < 4.78 is 2.31. The second kappa shape index (κ2) is 2.94. The Hall–Kier alpha value is -0.600. The molecular formula is C12H6Br2. The van der Waals surface area contributed by atoms with Crippen LogP contribution in [0.4, 0.5) is 0 Å². The molecule has 0 unspecified atom stereocenters. The molecule has 0 aromatic heterocycles. The van der Waals surface area contributed by atoms with Gasteiger partial charge in [-0.1, -0.05) is 50.1 Å². The first-order valence-electron chi connectivity index (χ1n) is 4.35. The van der Waals surface area contributed by atoms with Gasteiger partial charge in [0, 0.05) is 8.95 Å². The molecule has 0 atom stereocenters. The van der Waals surface area contributed by atoms with E-state index in [0.717, 1.165) is 4.47 Å². The average molecular weight is 310 g/mol. The van der Waals surface area contributed by atoms with Gasteiger partial charge in [-0.25, -0.2) is 0 Å². The molecule has 3 rings (SSSR count). The van der Waals surface area contributed by atoms with E-state index in [9.17, 15) is 0 Å². The fourth-order valence-electron chi connectivity index (χ4n) is 1.93. The van der Waals surface area contributed by atoms with Crippen molar-refractivity contribution >= 4 is 54.8 Å². The molecule has 68 valence electrons. The molecule has 0 saturated heterocycles. The van der Waals surface area contributed by atoms with Crippen molar-refractivity contribution in [3.63, 3.8) is 0 Å². The summed E-state index contributed by atoms with van der Waals surface area (Å²) in [5, 5.41) is 2.64. The molecule has 1 aliphatic rings. The van der Waals surface area contributed by atoms with E-state index in [2.05, 4.69) is 68.3 Å². The standard InChI is InChI=1S/C12H6Br2/c13-9-5-7-1-3-10-11(14)4-2-8(6-9)12(7)10/h1-6H. The van der Waals surface area contributed by atoms with Crippen LogP contribution in [0.1, 0.15) is 11.1 Å². The molecule has 0 saturated carbocycles. The molecule has 2 heteroatoms. The Balaban J connectivity index is 2.58. The lowest BCUT2D eigenvalue weighted by atomic mass is 10.0. The van der Waals surface area contributed by atoms with Gasteiger partial charge in [-0.05, 0) is 40.1 Å². The fraction of sp³-hybridized carbons (Fsp3) is 0. The largest absolute Gasteiger partial charge is 0.0536 e. The highest BCUT2D eigenvalue weighted by Gasteiger charge is 2.12. The monoisotopic (exact) mass is 308 g/mol. The number of benzene rings is 2. The molecule has 0 aliphatic heterocycles. The molecule has 2 aromatic rings. The Bertz CT molecular complexity index is 568. The van der Waals surface area contributed by atoms with Gasteiger partial charge < -0.3 is 0 Å². The van der Waals surface area contributed by atoms with E-state index in [1.807, 2.05) is 0 Å². The van der Waals surface area contributed by atoms with Gasteiger partial charge in [0.15, 0.2) is 0 Å². The zero-order valence-electron chi connectivity index (χ0n) is 7.22. The summed E-state index contributed by atoms with van der Waals surface area (Å²) in [6.45, 7) is 0. The SMILES string of the molecule is Brc1cc2c3c(c(Br)ccc3c1)C=C2. The van der Waals surface area contributed by atoms with Gasteiger partial charge >= 0.3 is 0 Å². The van der Waals surface area contributed by atoms with Gasteiger partial charge in [0.2, 0.25) is 0 Å². The fourth-order valence-corrected chi connectivity index (χ4v) is 2.89. The highest BCUT2D eigenvalue weighted by molar-refractivity contribution is 9.10. The molecule has 0 fully saturated rings. The third kappa shape index (κ3) is 1.11. The van der Waals surface area contributed by atoms with E-state index < -0.39 is 0 Å². The lowest BCUT2D eigenvalue weighted by molar-refractivity contribution is 1.65. The smallest absolute Gasteiger partial charge is 0.0254 e.